The fourth-order valence-electron chi connectivity index (χ4n) is 6.91. The monoisotopic (exact) mass is 606 g/mol. The Morgan fingerprint density at radius 3 is 1.78 bits per heavy atom. The molecule has 5 heteroatoms. The van der Waals surface area contributed by atoms with E-state index in [0.717, 1.165) is 38.9 Å². The molecule has 0 fully saturated rings. The summed E-state index contributed by atoms with van der Waals surface area (Å²) in [5, 5.41) is 3.10. The summed E-state index contributed by atoms with van der Waals surface area (Å²) in [6, 6.07) is 45.7. The molecule has 5 aromatic carbocycles. The second-order valence-corrected chi connectivity index (χ2v) is 11.6. The molecule has 1 N–H and O–H groups in total. The van der Waals surface area contributed by atoms with Gasteiger partial charge in [-0.1, -0.05) is 146 Å². The molecule has 0 aromatic heterocycles. The van der Waals surface area contributed by atoms with Crippen LogP contribution < -0.4 is 5.32 Å². The van der Waals surface area contributed by atoms with Crippen LogP contribution in [0, 0.1) is 0 Å². The van der Waals surface area contributed by atoms with Crippen molar-refractivity contribution in [3.05, 3.63) is 180 Å². The zero-order valence-corrected chi connectivity index (χ0v) is 26.0. The number of fused-ring (bicyclic) bond motifs is 3. The molecular weight excluding hydrogens is 568 g/mol. The highest BCUT2D eigenvalue weighted by atomic mass is 16.5. The second-order valence-electron chi connectivity index (χ2n) is 11.6. The van der Waals surface area contributed by atoms with Gasteiger partial charge in [-0.15, -0.1) is 6.58 Å². The van der Waals surface area contributed by atoms with E-state index in [0.29, 0.717) is 19.4 Å². The van der Waals surface area contributed by atoms with Gasteiger partial charge in [-0.25, -0.2) is 4.79 Å². The van der Waals surface area contributed by atoms with Crippen molar-refractivity contribution in [2.75, 3.05) is 7.11 Å². The quantitative estimate of drug-likeness (QED) is 0.120. The van der Waals surface area contributed by atoms with Crippen LogP contribution in [0.3, 0.4) is 0 Å². The van der Waals surface area contributed by atoms with Crippen LogP contribution in [0.2, 0.25) is 0 Å². The van der Waals surface area contributed by atoms with Gasteiger partial charge in [0.2, 0.25) is 5.91 Å². The van der Waals surface area contributed by atoms with E-state index < -0.39 is 23.6 Å². The topological polar surface area (TPSA) is 58.6 Å². The summed E-state index contributed by atoms with van der Waals surface area (Å²) >= 11 is 0. The molecule has 46 heavy (non-hydrogen) atoms. The standard InChI is InChI=1S/C41H38N2O3/c1-3-17-38(39(44)42-37(40(45)46-2)28-30-18-7-4-8-19-30)43(29-31-20-9-5-10-21-31)41(32-22-11-6-12-23-32)35-26-15-13-24-33(35)34-25-14-16-27-36(34)41/h3-16,18-27,37-38H,1,17,28-29H2,2H3,(H,42,44)/t37-,38-/m0/s1. The summed E-state index contributed by atoms with van der Waals surface area (Å²) in [6.07, 6.45) is 2.46. The third-order valence-corrected chi connectivity index (χ3v) is 8.90. The first-order chi connectivity index (χ1) is 22.6. The molecule has 5 aromatic rings. The van der Waals surface area contributed by atoms with E-state index in [9.17, 15) is 9.59 Å². The largest absolute Gasteiger partial charge is 0.467 e. The Balaban J connectivity index is 1.55. The van der Waals surface area contributed by atoms with Crippen LogP contribution in [0.15, 0.2) is 152 Å². The highest BCUT2D eigenvalue weighted by Gasteiger charge is 2.52. The third-order valence-electron chi connectivity index (χ3n) is 8.90. The highest BCUT2D eigenvalue weighted by molar-refractivity contribution is 5.89. The number of carbonyl (C=O) groups excluding carboxylic acids is 2. The van der Waals surface area contributed by atoms with Crippen molar-refractivity contribution in [3.8, 4) is 11.1 Å². The maximum Gasteiger partial charge on any atom is 0.328 e. The number of ether oxygens (including phenoxy) is 1. The lowest BCUT2D eigenvalue weighted by molar-refractivity contribution is -0.146. The molecule has 0 radical (unpaired) electrons. The number of hydrogen-bond acceptors (Lipinski definition) is 4. The molecule has 0 saturated heterocycles. The molecule has 0 heterocycles. The first-order valence-electron chi connectivity index (χ1n) is 15.7. The molecule has 0 spiro atoms. The van der Waals surface area contributed by atoms with Gasteiger partial charge >= 0.3 is 5.97 Å². The minimum Gasteiger partial charge on any atom is -0.467 e. The SMILES string of the molecule is C=CC[C@@H](C(=O)N[C@@H](Cc1ccccc1)C(=O)OC)N(Cc1ccccc1)C1(c2ccccc2)c2ccccc2-c2ccccc21. The summed E-state index contributed by atoms with van der Waals surface area (Å²) in [7, 11) is 1.35. The van der Waals surface area contributed by atoms with E-state index in [2.05, 4.69) is 102 Å². The van der Waals surface area contributed by atoms with Crippen LogP contribution in [-0.4, -0.2) is 36.0 Å². The van der Waals surface area contributed by atoms with Crippen molar-refractivity contribution in [3.63, 3.8) is 0 Å². The second kappa shape index (κ2) is 13.8. The van der Waals surface area contributed by atoms with Crippen molar-refractivity contribution in [1.29, 1.82) is 0 Å². The Labute approximate surface area is 271 Å². The molecular formula is C41H38N2O3. The summed E-state index contributed by atoms with van der Waals surface area (Å²) in [5.41, 5.74) is 6.70. The maximum absolute atomic E-state index is 14.7. The Morgan fingerprint density at radius 1 is 0.739 bits per heavy atom. The van der Waals surface area contributed by atoms with E-state index in [1.165, 1.54) is 7.11 Å². The summed E-state index contributed by atoms with van der Waals surface area (Å²) in [5.74, 6) is -0.752. The summed E-state index contributed by atoms with van der Waals surface area (Å²) < 4.78 is 5.18. The average molecular weight is 607 g/mol. The molecule has 2 atom stereocenters. The molecule has 0 saturated carbocycles. The normalized spacial score (nSPS) is 14.0. The molecule has 0 bridgehead atoms. The van der Waals surface area contributed by atoms with Gasteiger partial charge in [-0.05, 0) is 45.4 Å². The fraction of sp³-hybridized carbons (Fsp3) is 0.171. The zero-order chi connectivity index (χ0) is 31.9. The summed E-state index contributed by atoms with van der Waals surface area (Å²) in [6.45, 7) is 4.55. The predicted molar refractivity (Wildman–Crippen MR) is 183 cm³/mol. The van der Waals surface area contributed by atoms with E-state index in [-0.39, 0.29) is 5.91 Å². The summed E-state index contributed by atoms with van der Waals surface area (Å²) in [4.78, 5) is 30.1. The van der Waals surface area contributed by atoms with Crippen LogP contribution in [0.1, 0.15) is 34.2 Å². The maximum atomic E-state index is 14.7. The van der Waals surface area contributed by atoms with Crippen LogP contribution in [0.5, 0.6) is 0 Å². The van der Waals surface area contributed by atoms with E-state index in [4.69, 9.17) is 4.74 Å². The minimum absolute atomic E-state index is 0.265. The molecule has 6 rings (SSSR count). The van der Waals surface area contributed by atoms with Crippen molar-refractivity contribution in [2.45, 2.75) is 37.0 Å². The molecule has 230 valence electrons. The van der Waals surface area contributed by atoms with Crippen molar-refractivity contribution >= 4 is 11.9 Å². The van der Waals surface area contributed by atoms with Crippen molar-refractivity contribution in [1.82, 2.24) is 10.2 Å². The van der Waals surface area contributed by atoms with Gasteiger partial charge in [0.15, 0.2) is 0 Å². The Bertz CT molecular complexity index is 1760. The van der Waals surface area contributed by atoms with Gasteiger partial charge in [0, 0.05) is 13.0 Å². The molecule has 0 unspecified atom stereocenters. The minimum atomic E-state index is -0.860. The Hall–Kier alpha value is -5.26. The van der Waals surface area contributed by atoms with Gasteiger partial charge in [0.1, 0.15) is 6.04 Å². The number of amides is 1. The molecule has 0 aliphatic heterocycles. The van der Waals surface area contributed by atoms with Crippen molar-refractivity contribution < 1.29 is 14.3 Å². The average Bonchev–Trinajstić information content (AvgIpc) is 3.41. The predicted octanol–water partition coefficient (Wildman–Crippen LogP) is 7.31. The number of nitrogens with zero attached hydrogens (tertiary/aromatic N) is 1. The number of esters is 1. The number of nitrogens with one attached hydrogen (secondary N) is 1. The number of carbonyl (C=O) groups is 2. The third kappa shape index (κ3) is 5.78. The molecule has 1 aliphatic rings. The Morgan fingerprint density at radius 2 is 1.24 bits per heavy atom. The smallest absolute Gasteiger partial charge is 0.328 e. The van der Waals surface area contributed by atoms with E-state index >= 15 is 0 Å². The van der Waals surface area contributed by atoms with Crippen LogP contribution in [-0.2, 0) is 32.8 Å². The van der Waals surface area contributed by atoms with E-state index in [1.54, 1.807) is 6.08 Å². The van der Waals surface area contributed by atoms with Crippen LogP contribution >= 0.6 is 0 Å². The molecule has 5 nitrogen and oxygen atoms in total. The fourth-order valence-corrected chi connectivity index (χ4v) is 6.91. The van der Waals surface area contributed by atoms with Gasteiger partial charge in [-0.3, -0.25) is 9.69 Å². The molecule has 1 aliphatic carbocycles. The van der Waals surface area contributed by atoms with E-state index in [1.807, 2.05) is 54.6 Å². The lowest BCUT2D eigenvalue weighted by Crippen LogP contribution is -2.58. The zero-order valence-electron chi connectivity index (χ0n) is 26.0. The highest BCUT2D eigenvalue weighted by Crippen LogP contribution is 2.55. The number of rotatable bonds is 12. The van der Waals surface area contributed by atoms with Crippen molar-refractivity contribution in [2.24, 2.45) is 0 Å². The lowest BCUT2D eigenvalue weighted by Gasteiger charge is -2.47. The van der Waals surface area contributed by atoms with Gasteiger partial charge in [0.25, 0.3) is 0 Å². The Kier molecular flexibility index (Phi) is 9.23. The first kappa shape index (κ1) is 30.8. The van der Waals surface area contributed by atoms with Gasteiger partial charge < -0.3 is 10.1 Å². The van der Waals surface area contributed by atoms with Crippen LogP contribution in [0.4, 0.5) is 0 Å². The van der Waals surface area contributed by atoms with Gasteiger partial charge in [-0.2, -0.15) is 0 Å². The molecule has 1 amide bonds. The first-order valence-corrected chi connectivity index (χ1v) is 15.7. The lowest BCUT2D eigenvalue weighted by atomic mass is 9.77. The number of benzene rings is 5. The van der Waals surface area contributed by atoms with Crippen LogP contribution in [0.25, 0.3) is 11.1 Å². The number of hydrogen-bond donors (Lipinski definition) is 1. The number of methoxy groups -OCH3 is 1. The van der Waals surface area contributed by atoms with Gasteiger partial charge in [0.05, 0.1) is 18.7 Å².